The average Bonchev–Trinajstić information content (AvgIpc) is 3.61. The number of hydrogen-bond donors (Lipinski definition) is 2. The van der Waals surface area contributed by atoms with Crippen LogP contribution in [0.5, 0.6) is 0 Å². The Hall–Kier alpha value is -4.26. The molecule has 1 heterocycles. The van der Waals surface area contributed by atoms with E-state index in [4.69, 9.17) is 0 Å². The van der Waals surface area contributed by atoms with Crippen molar-refractivity contribution in [1.29, 1.82) is 0 Å². The number of carbonyl (C=O) groups is 4. The summed E-state index contributed by atoms with van der Waals surface area (Å²) in [6.07, 6.45) is 1.92. The Labute approximate surface area is 196 Å². The van der Waals surface area contributed by atoms with E-state index in [9.17, 15) is 19.2 Å². The summed E-state index contributed by atoms with van der Waals surface area (Å²) >= 11 is 0. The van der Waals surface area contributed by atoms with Gasteiger partial charge in [0.15, 0.2) is 0 Å². The first-order valence-electron chi connectivity index (χ1n) is 11.1. The van der Waals surface area contributed by atoms with Gasteiger partial charge in [0, 0.05) is 11.6 Å². The molecule has 2 aliphatic rings. The van der Waals surface area contributed by atoms with Gasteiger partial charge in [-0.1, -0.05) is 24.3 Å². The van der Waals surface area contributed by atoms with Crippen molar-refractivity contribution in [3.05, 3.63) is 94.0 Å². The van der Waals surface area contributed by atoms with Crippen molar-refractivity contribution >= 4 is 35.0 Å². The molecule has 0 bridgehead atoms. The minimum Gasteiger partial charge on any atom is -0.349 e. The fraction of sp³-hybridized carbons (Fsp3) is 0.185. The first-order chi connectivity index (χ1) is 16.3. The number of nitrogens with zero attached hydrogens (tertiary/aromatic N) is 1. The van der Waals surface area contributed by atoms with Gasteiger partial charge in [0.1, 0.15) is 0 Å². The second-order valence-corrected chi connectivity index (χ2v) is 8.74. The molecular formula is C27H23N3O4. The fourth-order valence-electron chi connectivity index (χ4n) is 4.04. The van der Waals surface area contributed by atoms with E-state index in [0.717, 1.165) is 28.9 Å². The molecule has 0 aromatic heterocycles. The van der Waals surface area contributed by atoms with Crippen LogP contribution in [-0.4, -0.2) is 29.7 Å². The van der Waals surface area contributed by atoms with E-state index >= 15 is 0 Å². The number of carbonyl (C=O) groups excluding carboxylic acids is 4. The van der Waals surface area contributed by atoms with Crippen molar-refractivity contribution in [2.24, 2.45) is 0 Å². The minimum atomic E-state index is -0.472. The van der Waals surface area contributed by atoms with Crippen LogP contribution in [-0.2, 0) is 0 Å². The Bertz CT molecular complexity index is 1370. The topological polar surface area (TPSA) is 95.6 Å². The highest BCUT2D eigenvalue weighted by molar-refractivity contribution is 6.35. The predicted molar refractivity (Wildman–Crippen MR) is 128 cm³/mol. The zero-order valence-corrected chi connectivity index (χ0v) is 18.8. The number of hydrogen-bond acceptors (Lipinski definition) is 4. The highest BCUT2D eigenvalue weighted by Crippen LogP contribution is 2.32. The van der Waals surface area contributed by atoms with E-state index < -0.39 is 17.7 Å². The summed E-state index contributed by atoms with van der Waals surface area (Å²) in [6, 6.07) is 17.0. The van der Waals surface area contributed by atoms with Crippen molar-refractivity contribution in [1.82, 2.24) is 5.32 Å². The van der Waals surface area contributed by atoms with Crippen LogP contribution < -0.4 is 15.5 Å². The third kappa shape index (κ3) is 3.85. The van der Waals surface area contributed by atoms with Crippen molar-refractivity contribution in [2.75, 3.05) is 10.2 Å². The van der Waals surface area contributed by atoms with Gasteiger partial charge in [-0.3, -0.25) is 19.2 Å². The maximum Gasteiger partial charge on any atom is 0.266 e. The number of anilines is 2. The van der Waals surface area contributed by atoms with Crippen molar-refractivity contribution in [3.8, 4) is 0 Å². The van der Waals surface area contributed by atoms with Crippen LogP contribution in [0.15, 0.2) is 60.7 Å². The first kappa shape index (κ1) is 21.6. The van der Waals surface area contributed by atoms with Crippen LogP contribution >= 0.6 is 0 Å². The zero-order chi connectivity index (χ0) is 24.0. The van der Waals surface area contributed by atoms with E-state index in [1.54, 1.807) is 30.3 Å². The lowest BCUT2D eigenvalue weighted by atomic mass is 10.0. The summed E-state index contributed by atoms with van der Waals surface area (Å²) in [5.74, 6) is -1.59. The Morgan fingerprint density at radius 2 is 1.59 bits per heavy atom. The highest BCUT2D eigenvalue weighted by Gasteiger charge is 2.38. The fourth-order valence-corrected chi connectivity index (χ4v) is 4.04. The standard InChI is InChI=1S/C27H23N3O4/c1-15-7-8-16(2)23(13-15)30-26(33)19-12-9-17(14-21(19)27(30)34)24(31)29-22-6-4-3-5-20(22)25(32)28-18-10-11-18/h3-9,12-14,18H,10-11H2,1-2H3,(H,28,32)(H,29,31). The molecule has 0 unspecified atom stereocenters. The monoisotopic (exact) mass is 453 g/mol. The molecule has 5 rings (SSSR count). The Kier molecular flexibility index (Phi) is 5.24. The molecule has 2 N–H and O–H groups in total. The molecule has 0 spiro atoms. The smallest absolute Gasteiger partial charge is 0.266 e. The van der Waals surface area contributed by atoms with Gasteiger partial charge in [0.25, 0.3) is 23.6 Å². The first-order valence-corrected chi connectivity index (χ1v) is 11.1. The summed E-state index contributed by atoms with van der Waals surface area (Å²) in [4.78, 5) is 52.9. The van der Waals surface area contributed by atoms with Crippen LogP contribution in [0.2, 0.25) is 0 Å². The lowest BCUT2D eigenvalue weighted by molar-refractivity contribution is 0.0921. The normalized spacial score (nSPS) is 14.7. The molecule has 4 amide bonds. The van der Waals surface area contributed by atoms with Gasteiger partial charge in [-0.05, 0) is 74.2 Å². The molecule has 34 heavy (non-hydrogen) atoms. The lowest BCUT2D eigenvalue weighted by Gasteiger charge is -2.17. The molecule has 7 nitrogen and oxygen atoms in total. The third-order valence-corrected chi connectivity index (χ3v) is 6.09. The van der Waals surface area contributed by atoms with Crippen LogP contribution in [0.3, 0.4) is 0 Å². The molecule has 3 aromatic rings. The number of aryl methyl sites for hydroxylation is 2. The second-order valence-electron chi connectivity index (χ2n) is 8.74. The van der Waals surface area contributed by atoms with Gasteiger partial charge in [-0.15, -0.1) is 0 Å². The average molecular weight is 453 g/mol. The Balaban J connectivity index is 1.41. The van der Waals surface area contributed by atoms with E-state index in [2.05, 4.69) is 10.6 Å². The lowest BCUT2D eigenvalue weighted by Crippen LogP contribution is -2.30. The van der Waals surface area contributed by atoms with Gasteiger partial charge in [-0.2, -0.15) is 0 Å². The molecule has 1 fully saturated rings. The largest absolute Gasteiger partial charge is 0.349 e. The molecule has 1 aliphatic heterocycles. The van der Waals surface area contributed by atoms with Crippen LogP contribution in [0.4, 0.5) is 11.4 Å². The molecular weight excluding hydrogens is 430 g/mol. The van der Waals surface area contributed by atoms with E-state index in [0.29, 0.717) is 16.9 Å². The van der Waals surface area contributed by atoms with Gasteiger partial charge >= 0.3 is 0 Å². The summed E-state index contributed by atoms with van der Waals surface area (Å²) in [7, 11) is 0. The van der Waals surface area contributed by atoms with Crippen molar-refractivity contribution < 1.29 is 19.2 Å². The SMILES string of the molecule is Cc1ccc(C)c(N2C(=O)c3ccc(C(=O)Nc4ccccc4C(=O)NC4CC4)cc3C2=O)c1. The van der Waals surface area contributed by atoms with Gasteiger partial charge in [0.05, 0.1) is 28.1 Å². The molecule has 0 atom stereocenters. The van der Waals surface area contributed by atoms with E-state index in [1.165, 1.54) is 18.2 Å². The molecule has 170 valence electrons. The van der Waals surface area contributed by atoms with E-state index in [-0.39, 0.29) is 28.6 Å². The molecule has 3 aromatic carbocycles. The molecule has 0 saturated heterocycles. The Morgan fingerprint density at radius 1 is 0.853 bits per heavy atom. The van der Waals surface area contributed by atoms with E-state index in [1.807, 2.05) is 26.0 Å². The molecule has 7 heteroatoms. The minimum absolute atomic E-state index is 0.179. The number of benzene rings is 3. The third-order valence-electron chi connectivity index (χ3n) is 6.09. The number of fused-ring (bicyclic) bond motifs is 1. The zero-order valence-electron chi connectivity index (χ0n) is 18.8. The second kappa shape index (κ2) is 8.26. The predicted octanol–water partition coefficient (Wildman–Crippen LogP) is 4.25. The number of para-hydroxylation sites is 1. The van der Waals surface area contributed by atoms with Gasteiger partial charge in [-0.25, -0.2) is 4.90 Å². The number of amides is 4. The highest BCUT2D eigenvalue weighted by atomic mass is 16.2. The maximum absolute atomic E-state index is 13.2. The Morgan fingerprint density at radius 3 is 2.35 bits per heavy atom. The summed E-state index contributed by atoms with van der Waals surface area (Å²) < 4.78 is 0. The van der Waals surface area contributed by atoms with Crippen LogP contribution in [0.25, 0.3) is 0 Å². The quantitative estimate of drug-likeness (QED) is 0.565. The molecule has 1 saturated carbocycles. The molecule has 1 aliphatic carbocycles. The van der Waals surface area contributed by atoms with Crippen molar-refractivity contribution in [2.45, 2.75) is 32.7 Å². The number of nitrogens with one attached hydrogen (secondary N) is 2. The summed E-state index contributed by atoms with van der Waals surface area (Å²) in [5.41, 5.74) is 3.68. The molecule has 0 radical (unpaired) electrons. The summed E-state index contributed by atoms with van der Waals surface area (Å²) in [6.45, 7) is 3.74. The van der Waals surface area contributed by atoms with Crippen LogP contribution in [0.1, 0.15) is 65.4 Å². The van der Waals surface area contributed by atoms with Gasteiger partial charge < -0.3 is 10.6 Å². The summed E-state index contributed by atoms with van der Waals surface area (Å²) in [5, 5.41) is 5.69. The number of rotatable bonds is 5. The van der Waals surface area contributed by atoms with Gasteiger partial charge in [0.2, 0.25) is 0 Å². The maximum atomic E-state index is 13.2. The number of imide groups is 1. The van der Waals surface area contributed by atoms with Crippen molar-refractivity contribution in [3.63, 3.8) is 0 Å². The van der Waals surface area contributed by atoms with Crippen LogP contribution in [0, 0.1) is 13.8 Å².